The van der Waals surface area contributed by atoms with Crippen LogP contribution in [0, 0.1) is 5.41 Å². The second-order valence-electron chi connectivity index (χ2n) is 7.29. The van der Waals surface area contributed by atoms with Gasteiger partial charge in [-0.1, -0.05) is 0 Å². The molecular formula is C19H30O10. The van der Waals surface area contributed by atoms with Gasteiger partial charge in [-0.05, 0) is 55.4 Å². The van der Waals surface area contributed by atoms with Gasteiger partial charge in [0.1, 0.15) is 0 Å². The molecule has 0 aromatic heterocycles. The summed E-state index contributed by atoms with van der Waals surface area (Å²) in [7, 11) is 0. The van der Waals surface area contributed by atoms with Crippen LogP contribution in [0.15, 0.2) is 0 Å². The van der Waals surface area contributed by atoms with Gasteiger partial charge in [0, 0.05) is 0 Å². The van der Waals surface area contributed by atoms with E-state index in [0.29, 0.717) is 0 Å². The molecule has 0 N–H and O–H groups in total. The summed E-state index contributed by atoms with van der Waals surface area (Å²) >= 11 is 0. The molecule has 0 amide bonds. The lowest BCUT2D eigenvalue weighted by molar-refractivity contribution is -0.185. The molecule has 0 saturated heterocycles. The Bertz CT molecular complexity index is 619. The summed E-state index contributed by atoms with van der Waals surface area (Å²) in [5.74, 6) is -4.27. The summed E-state index contributed by atoms with van der Waals surface area (Å²) in [6.45, 7) is 11.7. The summed E-state index contributed by atoms with van der Waals surface area (Å²) < 4.78 is 24.3. The van der Waals surface area contributed by atoms with Gasteiger partial charge in [0.15, 0.2) is 24.4 Å². The number of rotatable bonds is 9. The van der Waals surface area contributed by atoms with Crippen LogP contribution in [-0.2, 0) is 47.7 Å². The molecule has 0 fully saturated rings. The molecule has 0 aliphatic rings. The summed E-state index contributed by atoms with van der Waals surface area (Å²) in [5.41, 5.74) is -0.810. The van der Waals surface area contributed by atoms with E-state index in [1.54, 1.807) is 27.7 Å². The van der Waals surface area contributed by atoms with Crippen LogP contribution in [0.25, 0.3) is 0 Å². The number of carbonyl (C=O) groups is 5. The van der Waals surface area contributed by atoms with E-state index in [0.717, 1.165) is 0 Å². The zero-order chi connectivity index (χ0) is 22.9. The first-order valence-corrected chi connectivity index (χ1v) is 9.19. The zero-order valence-corrected chi connectivity index (χ0v) is 18.1. The van der Waals surface area contributed by atoms with E-state index in [-0.39, 0.29) is 6.61 Å². The number of ether oxygens (including phenoxy) is 5. The summed E-state index contributed by atoms with van der Waals surface area (Å²) in [6.07, 6.45) is -5.12. The third-order valence-corrected chi connectivity index (χ3v) is 3.39. The Balaban J connectivity index is 4.61. The highest BCUT2D eigenvalue weighted by Crippen LogP contribution is 2.17. The Hall–Kier alpha value is -2.65. The standard InChI is InChI=1S/C19H30O10/c1-9-25-14(20)10(2)26-15(21)11(3)27-16(22)12(4)28-17(23)13(5)29-18(24)19(6,7)8/h10-13H,9H2,1-8H3. The number of esters is 5. The number of carbonyl (C=O) groups excluding carboxylic acids is 5. The van der Waals surface area contributed by atoms with Crippen LogP contribution < -0.4 is 0 Å². The molecule has 0 rings (SSSR count). The third-order valence-electron chi connectivity index (χ3n) is 3.39. The predicted octanol–water partition coefficient (Wildman–Crippen LogP) is 1.32. The average molecular weight is 418 g/mol. The lowest BCUT2D eigenvalue weighted by Gasteiger charge is -2.21. The van der Waals surface area contributed by atoms with Crippen molar-refractivity contribution in [1.29, 1.82) is 0 Å². The van der Waals surface area contributed by atoms with Crippen molar-refractivity contribution in [3.8, 4) is 0 Å². The van der Waals surface area contributed by atoms with Gasteiger partial charge in [0.2, 0.25) is 0 Å². The SMILES string of the molecule is CCOC(=O)C(C)OC(=O)C(C)OC(=O)C(C)OC(=O)C(C)OC(=O)C(C)(C)C. The molecule has 0 aliphatic heterocycles. The predicted molar refractivity (Wildman–Crippen MR) is 98.3 cm³/mol. The molecule has 0 bridgehead atoms. The Morgan fingerprint density at radius 3 is 1.24 bits per heavy atom. The first-order valence-electron chi connectivity index (χ1n) is 9.19. The number of hydrogen-bond acceptors (Lipinski definition) is 10. The van der Waals surface area contributed by atoms with Crippen molar-refractivity contribution in [2.24, 2.45) is 5.41 Å². The van der Waals surface area contributed by atoms with Gasteiger partial charge in [-0.2, -0.15) is 0 Å². The van der Waals surface area contributed by atoms with Crippen LogP contribution in [0.5, 0.6) is 0 Å². The lowest BCUT2D eigenvalue weighted by Crippen LogP contribution is -2.38. The van der Waals surface area contributed by atoms with Gasteiger partial charge in [-0.15, -0.1) is 0 Å². The zero-order valence-electron chi connectivity index (χ0n) is 18.1. The molecule has 0 spiro atoms. The van der Waals surface area contributed by atoms with E-state index < -0.39 is 59.7 Å². The third kappa shape index (κ3) is 9.40. The molecule has 10 heteroatoms. The minimum Gasteiger partial charge on any atom is -0.463 e. The molecule has 0 saturated carbocycles. The summed E-state index contributed by atoms with van der Waals surface area (Å²) in [6, 6.07) is 0. The van der Waals surface area contributed by atoms with Gasteiger partial charge in [0.05, 0.1) is 12.0 Å². The molecular weight excluding hydrogens is 388 g/mol. The Kier molecular flexibility index (Phi) is 10.3. The lowest BCUT2D eigenvalue weighted by atomic mass is 9.97. The van der Waals surface area contributed by atoms with Crippen molar-refractivity contribution >= 4 is 29.8 Å². The van der Waals surface area contributed by atoms with Crippen molar-refractivity contribution in [2.45, 2.75) is 79.8 Å². The minimum absolute atomic E-state index is 0.123. The van der Waals surface area contributed by atoms with Gasteiger partial charge in [-0.3, -0.25) is 4.79 Å². The van der Waals surface area contributed by atoms with Crippen LogP contribution >= 0.6 is 0 Å². The number of hydrogen-bond donors (Lipinski definition) is 0. The van der Waals surface area contributed by atoms with Crippen LogP contribution in [0.2, 0.25) is 0 Å². The van der Waals surface area contributed by atoms with E-state index in [9.17, 15) is 24.0 Å². The molecule has 0 aliphatic carbocycles. The fourth-order valence-electron chi connectivity index (χ4n) is 1.60. The molecule has 29 heavy (non-hydrogen) atoms. The van der Waals surface area contributed by atoms with E-state index in [1.807, 2.05) is 0 Å². The van der Waals surface area contributed by atoms with E-state index in [4.69, 9.17) is 23.7 Å². The van der Waals surface area contributed by atoms with Crippen molar-refractivity contribution < 1.29 is 47.7 Å². The van der Waals surface area contributed by atoms with E-state index >= 15 is 0 Å². The normalized spacial score (nSPS) is 15.2. The highest BCUT2D eigenvalue weighted by molar-refractivity contribution is 5.86. The second-order valence-corrected chi connectivity index (χ2v) is 7.29. The van der Waals surface area contributed by atoms with Gasteiger partial charge in [0.25, 0.3) is 0 Å². The molecule has 4 atom stereocenters. The van der Waals surface area contributed by atoms with Gasteiger partial charge >= 0.3 is 29.8 Å². The van der Waals surface area contributed by atoms with Crippen LogP contribution in [-0.4, -0.2) is 60.9 Å². The Morgan fingerprint density at radius 2 is 0.931 bits per heavy atom. The van der Waals surface area contributed by atoms with Gasteiger partial charge < -0.3 is 23.7 Å². The molecule has 4 unspecified atom stereocenters. The monoisotopic (exact) mass is 418 g/mol. The van der Waals surface area contributed by atoms with Crippen molar-refractivity contribution in [3.63, 3.8) is 0 Å². The first-order chi connectivity index (χ1) is 13.2. The second kappa shape index (κ2) is 11.4. The molecule has 0 heterocycles. The molecule has 0 aromatic carbocycles. The van der Waals surface area contributed by atoms with E-state index in [1.165, 1.54) is 27.7 Å². The fourth-order valence-corrected chi connectivity index (χ4v) is 1.60. The summed E-state index contributed by atoms with van der Waals surface area (Å²) in [4.78, 5) is 59.1. The maximum Gasteiger partial charge on any atom is 0.347 e. The van der Waals surface area contributed by atoms with Crippen LogP contribution in [0.1, 0.15) is 55.4 Å². The molecule has 0 radical (unpaired) electrons. The summed E-state index contributed by atoms with van der Waals surface area (Å²) in [5, 5.41) is 0. The van der Waals surface area contributed by atoms with Gasteiger partial charge in [-0.25, -0.2) is 19.2 Å². The largest absolute Gasteiger partial charge is 0.463 e. The average Bonchev–Trinajstić information content (AvgIpc) is 2.60. The van der Waals surface area contributed by atoms with Crippen molar-refractivity contribution in [3.05, 3.63) is 0 Å². The first kappa shape index (κ1) is 26.4. The highest BCUT2D eigenvalue weighted by atomic mass is 16.6. The van der Waals surface area contributed by atoms with Crippen molar-refractivity contribution in [1.82, 2.24) is 0 Å². The smallest absolute Gasteiger partial charge is 0.347 e. The Labute approximate surface area is 170 Å². The molecule has 166 valence electrons. The maximum atomic E-state index is 12.0. The quantitative estimate of drug-likeness (QED) is 0.399. The minimum atomic E-state index is -1.36. The highest BCUT2D eigenvalue weighted by Gasteiger charge is 2.32. The Morgan fingerprint density at radius 1 is 0.621 bits per heavy atom. The van der Waals surface area contributed by atoms with Crippen molar-refractivity contribution in [2.75, 3.05) is 6.61 Å². The fraction of sp³-hybridized carbons (Fsp3) is 0.737. The topological polar surface area (TPSA) is 132 Å². The van der Waals surface area contributed by atoms with Crippen LogP contribution in [0.4, 0.5) is 0 Å². The van der Waals surface area contributed by atoms with E-state index in [2.05, 4.69) is 0 Å². The molecule has 0 aromatic rings. The maximum absolute atomic E-state index is 12.0. The van der Waals surface area contributed by atoms with Crippen LogP contribution in [0.3, 0.4) is 0 Å². The molecule has 10 nitrogen and oxygen atoms in total.